The number of thiocarbonyl (C=S) groups is 1. The summed E-state index contributed by atoms with van der Waals surface area (Å²) in [5, 5.41) is 20.6. The van der Waals surface area contributed by atoms with Crippen LogP contribution in [0.15, 0.2) is 72.8 Å². The number of hydrogen-bond acceptors (Lipinski definition) is 4. The minimum Gasteiger partial charge on any atom is -0.508 e. The number of anilines is 1. The summed E-state index contributed by atoms with van der Waals surface area (Å²) < 4.78 is 19.2. The maximum atomic E-state index is 13.1. The van der Waals surface area contributed by atoms with Crippen LogP contribution in [0.1, 0.15) is 30.0 Å². The second kappa shape index (κ2) is 8.71. The molecule has 1 aliphatic heterocycles. The van der Waals surface area contributed by atoms with Crippen LogP contribution in [0.25, 0.3) is 0 Å². The number of halogens is 1. The summed E-state index contributed by atoms with van der Waals surface area (Å²) in [6.45, 7) is 0. The average Bonchev–Trinajstić information content (AvgIpc) is 3.06. The Morgan fingerprint density at radius 1 is 0.967 bits per heavy atom. The van der Waals surface area contributed by atoms with E-state index in [1.807, 2.05) is 35.2 Å². The fourth-order valence-electron chi connectivity index (χ4n) is 3.88. The van der Waals surface area contributed by atoms with Gasteiger partial charge in [-0.05, 0) is 73.4 Å². The molecule has 1 heterocycles. The summed E-state index contributed by atoms with van der Waals surface area (Å²) in [6.07, 6.45) is 2.03. The van der Waals surface area contributed by atoms with Crippen LogP contribution in [0, 0.1) is 5.82 Å². The van der Waals surface area contributed by atoms with Gasteiger partial charge in [-0.2, -0.15) is 0 Å². The molecule has 154 valence electrons. The Morgan fingerprint density at radius 3 is 2.40 bits per heavy atom. The minimum absolute atomic E-state index is 0.00207. The van der Waals surface area contributed by atoms with Gasteiger partial charge in [0.05, 0.1) is 0 Å². The smallest absolute Gasteiger partial charge is 0.264 e. The molecule has 6 heteroatoms. The Labute approximate surface area is 180 Å². The van der Waals surface area contributed by atoms with Crippen molar-refractivity contribution in [3.63, 3.8) is 0 Å². The average molecular weight is 424 g/mol. The number of phenolic OH excluding ortho intramolecular Hbond substituents is 2. The van der Waals surface area contributed by atoms with Crippen LogP contribution in [0.4, 0.5) is 10.1 Å². The Morgan fingerprint density at radius 2 is 1.70 bits per heavy atom. The number of aromatic hydroxyl groups is 2. The summed E-state index contributed by atoms with van der Waals surface area (Å²) in [6, 6.07) is 20.4. The van der Waals surface area contributed by atoms with Crippen molar-refractivity contribution < 1.29 is 19.3 Å². The van der Waals surface area contributed by atoms with Gasteiger partial charge in [0.25, 0.3) is 5.17 Å². The largest absolute Gasteiger partial charge is 0.508 e. The molecule has 0 aromatic heterocycles. The van der Waals surface area contributed by atoms with E-state index in [0.717, 1.165) is 24.1 Å². The number of phenols is 2. The van der Waals surface area contributed by atoms with Crippen molar-refractivity contribution in [2.45, 2.75) is 31.4 Å². The Kier molecular flexibility index (Phi) is 5.86. The molecule has 0 bridgehead atoms. The fraction of sp³-hybridized carbons (Fsp3) is 0.208. The third-order valence-corrected chi connectivity index (χ3v) is 5.61. The number of hydrogen-bond donors (Lipinski definition) is 2. The molecule has 0 radical (unpaired) electrons. The normalized spacial score (nSPS) is 18.4. The van der Waals surface area contributed by atoms with E-state index in [0.29, 0.717) is 17.2 Å². The second-order valence-electron chi connectivity index (χ2n) is 7.33. The first kappa shape index (κ1) is 20.2. The third-order valence-electron chi connectivity index (χ3n) is 5.31. The molecule has 1 aliphatic rings. The predicted octanol–water partition coefficient (Wildman–Crippen LogP) is 5.49. The lowest BCUT2D eigenvalue weighted by Gasteiger charge is -2.27. The number of rotatable bonds is 6. The van der Waals surface area contributed by atoms with Gasteiger partial charge >= 0.3 is 0 Å². The quantitative estimate of drug-likeness (QED) is 0.514. The molecule has 4 rings (SSSR count). The van der Waals surface area contributed by atoms with E-state index in [1.54, 1.807) is 24.3 Å². The SMILES string of the molecule is Oc1ccc([C@@H]2[C@@H](CCCc3ccc(F)cc3)OC(=S)N2c2ccccc2)c(O)c1. The molecular formula is C24H22FNO3S. The van der Waals surface area contributed by atoms with Gasteiger partial charge in [0, 0.05) is 17.3 Å². The molecule has 1 fully saturated rings. The van der Waals surface area contributed by atoms with Crippen molar-refractivity contribution in [3.05, 3.63) is 89.7 Å². The summed E-state index contributed by atoms with van der Waals surface area (Å²) in [5.41, 5.74) is 2.57. The summed E-state index contributed by atoms with van der Waals surface area (Å²) >= 11 is 5.53. The van der Waals surface area contributed by atoms with Gasteiger partial charge in [-0.15, -0.1) is 0 Å². The van der Waals surface area contributed by atoms with Crippen molar-refractivity contribution in [2.75, 3.05) is 4.90 Å². The van der Waals surface area contributed by atoms with Crippen molar-refractivity contribution in [3.8, 4) is 11.5 Å². The van der Waals surface area contributed by atoms with Gasteiger partial charge in [0.2, 0.25) is 0 Å². The minimum atomic E-state index is -0.325. The highest BCUT2D eigenvalue weighted by molar-refractivity contribution is 7.80. The van der Waals surface area contributed by atoms with Crippen LogP contribution < -0.4 is 4.90 Å². The number of nitrogens with zero attached hydrogens (tertiary/aromatic N) is 1. The molecule has 0 unspecified atom stereocenters. The van der Waals surface area contributed by atoms with E-state index >= 15 is 0 Å². The van der Waals surface area contributed by atoms with E-state index in [4.69, 9.17) is 17.0 Å². The first-order chi connectivity index (χ1) is 14.5. The molecule has 3 aromatic rings. The maximum absolute atomic E-state index is 13.1. The van der Waals surface area contributed by atoms with Crippen LogP contribution >= 0.6 is 12.2 Å². The first-order valence-corrected chi connectivity index (χ1v) is 10.2. The van der Waals surface area contributed by atoms with Crippen LogP contribution in [0.5, 0.6) is 11.5 Å². The molecule has 0 aliphatic carbocycles. The van der Waals surface area contributed by atoms with Gasteiger partial charge < -0.3 is 14.9 Å². The zero-order valence-corrected chi connectivity index (χ0v) is 17.1. The molecular weight excluding hydrogens is 401 g/mol. The van der Waals surface area contributed by atoms with Crippen molar-refractivity contribution in [1.82, 2.24) is 0 Å². The monoisotopic (exact) mass is 423 g/mol. The number of ether oxygens (including phenoxy) is 1. The van der Waals surface area contributed by atoms with Gasteiger partial charge in [-0.1, -0.05) is 30.3 Å². The Balaban J connectivity index is 1.59. The van der Waals surface area contributed by atoms with Crippen LogP contribution in [-0.4, -0.2) is 21.5 Å². The van der Waals surface area contributed by atoms with Gasteiger partial charge in [0.15, 0.2) is 0 Å². The molecule has 0 spiro atoms. The molecule has 2 N–H and O–H groups in total. The van der Waals surface area contributed by atoms with Crippen LogP contribution in [-0.2, 0) is 11.2 Å². The van der Waals surface area contributed by atoms with E-state index in [-0.39, 0.29) is 29.5 Å². The highest BCUT2D eigenvalue weighted by atomic mass is 32.1. The van der Waals surface area contributed by atoms with Gasteiger partial charge in [-0.3, -0.25) is 4.90 Å². The topological polar surface area (TPSA) is 52.9 Å². The third kappa shape index (κ3) is 4.24. The van der Waals surface area contributed by atoms with Crippen LogP contribution in [0.3, 0.4) is 0 Å². The molecule has 4 nitrogen and oxygen atoms in total. The van der Waals surface area contributed by atoms with Gasteiger partial charge in [-0.25, -0.2) is 4.39 Å². The lowest BCUT2D eigenvalue weighted by atomic mass is 9.94. The zero-order valence-electron chi connectivity index (χ0n) is 16.2. The summed E-state index contributed by atoms with van der Waals surface area (Å²) in [5.74, 6) is -0.251. The summed E-state index contributed by atoms with van der Waals surface area (Å²) in [4.78, 5) is 1.91. The Bertz CT molecular complexity index is 1030. The highest BCUT2D eigenvalue weighted by Gasteiger charge is 2.42. The molecule has 0 amide bonds. The number of aryl methyl sites for hydroxylation is 1. The molecule has 3 aromatic carbocycles. The molecule has 2 atom stereocenters. The lowest BCUT2D eigenvalue weighted by Crippen LogP contribution is -2.29. The highest BCUT2D eigenvalue weighted by Crippen LogP contribution is 2.43. The van der Waals surface area contributed by atoms with Crippen molar-refractivity contribution in [1.29, 1.82) is 0 Å². The number of para-hydroxylation sites is 1. The summed E-state index contributed by atoms with van der Waals surface area (Å²) in [7, 11) is 0. The number of benzene rings is 3. The lowest BCUT2D eigenvalue weighted by molar-refractivity contribution is 0.190. The predicted molar refractivity (Wildman–Crippen MR) is 118 cm³/mol. The molecule has 0 saturated carbocycles. The zero-order chi connectivity index (χ0) is 21.1. The Hall–Kier alpha value is -3.12. The van der Waals surface area contributed by atoms with E-state index in [9.17, 15) is 14.6 Å². The molecule has 30 heavy (non-hydrogen) atoms. The molecule has 1 saturated heterocycles. The van der Waals surface area contributed by atoms with E-state index in [2.05, 4.69) is 0 Å². The van der Waals surface area contributed by atoms with Gasteiger partial charge in [0.1, 0.15) is 29.5 Å². The van der Waals surface area contributed by atoms with Crippen molar-refractivity contribution >= 4 is 23.1 Å². The maximum Gasteiger partial charge on any atom is 0.264 e. The first-order valence-electron chi connectivity index (χ1n) is 9.84. The fourth-order valence-corrected chi connectivity index (χ4v) is 4.22. The van der Waals surface area contributed by atoms with E-state index < -0.39 is 0 Å². The van der Waals surface area contributed by atoms with E-state index in [1.165, 1.54) is 18.2 Å². The second-order valence-corrected chi connectivity index (χ2v) is 7.68. The van der Waals surface area contributed by atoms with Crippen molar-refractivity contribution in [2.24, 2.45) is 0 Å². The van der Waals surface area contributed by atoms with Crippen LogP contribution in [0.2, 0.25) is 0 Å². The standard InChI is InChI=1S/C24H22FNO3S/c25-17-11-9-16(10-12-17)5-4-8-22-23(20-14-13-19(27)15-21(20)28)26(24(30)29-22)18-6-2-1-3-7-18/h1-3,6-7,9-15,22-23,27-28H,4-5,8H2/t22-,23-/m1/s1.